The van der Waals surface area contributed by atoms with E-state index in [9.17, 15) is 13.6 Å². The van der Waals surface area contributed by atoms with E-state index in [2.05, 4.69) is 5.32 Å². The summed E-state index contributed by atoms with van der Waals surface area (Å²) in [7, 11) is 0. The van der Waals surface area contributed by atoms with E-state index in [0.29, 0.717) is 25.3 Å². The third-order valence-corrected chi connectivity index (χ3v) is 4.48. The molecule has 2 atom stereocenters. The Morgan fingerprint density at radius 3 is 2.53 bits per heavy atom. The zero-order valence-corrected chi connectivity index (χ0v) is 11.3. The lowest BCUT2D eigenvalue weighted by molar-refractivity contribution is -0.129. The molecule has 2 aliphatic carbocycles. The van der Waals surface area contributed by atoms with E-state index in [-0.39, 0.29) is 30.7 Å². The average Bonchev–Trinajstić information content (AvgIpc) is 2.36. The first-order chi connectivity index (χ1) is 8.96. The summed E-state index contributed by atoms with van der Waals surface area (Å²) in [6.07, 6.45) is 4.57. The molecule has 0 radical (unpaired) electrons. The maximum atomic E-state index is 13.0. The molecule has 0 aromatic heterocycles. The summed E-state index contributed by atoms with van der Waals surface area (Å²) in [4.78, 5) is 11.9. The number of hydrogen-bond donors (Lipinski definition) is 2. The van der Waals surface area contributed by atoms with Gasteiger partial charge in [0.1, 0.15) is 0 Å². The molecule has 0 aliphatic heterocycles. The van der Waals surface area contributed by atoms with Crippen molar-refractivity contribution in [2.24, 2.45) is 17.6 Å². The summed E-state index contributed by atoms with van der Waals surface area (Å²) in [5, 5.41) is 2.93. The van der Waals surface area contributed by atoms with Gasteiger partial charge in [-0.3, -0.25) is 4.79 Å². The molecule has 2 rings (SSSR count). The van der Waals surface area contributed by atoms with Crippen LogP contribution in [-0.2, 0) is 4.79 Å². The summed E-state index contributed by atoms with van der Waals surface area (Å²) >= 11 is 0. The molecular formula is C14H24F2N2O. The lowest BCUT2D eigenvalue weighted by Crippen LogP contribution is -2.40. The van der Waals surface area contributed by atoms with Gasteiger partial charge in [0.15, 0.2) is 0 Å². The highest BCUT2D eigenvalue weighted by Crippen LogP contribution is 2.36. The molecular weight excluding hydrogens is 250 g/mol. The number of carbonyl (C=O) groups is 1. The van der Waals surface area contributed by atoms with Crippen molar-refractivity contribution >= 4 is 5.91 Å². The van der Waals surface area contributed by atoms with Crippen LogP contribution < -0.4 is 11.1 Å². The Hall–Kier alpha value is -0.710. The minimum Gasteiger partial charge on any atom is -0.356 e. The van der Waals surface area contributed by atoms with Gasteiger partial charge in [-0.1, -0.05) is 6.42 Å². The highest BCUT2D eigenvalue weighted by molar-refractivity contribution is 5.78. The van der Waals surface area contributed by atoms with Crippen LogP contribution in [0.3, 0.4) is 0 Å². The number of rotatable bonds is 3. The van der Waals surface area contributed by atoms with Gasteiger partial charge in [0, 0.05) is 31.3 Å². The first kappa shape index (κ1) is 14.7. The molecule has 2 saturated carbocycles. The molecule has 0 bridgehead atoms. The average molecular weight is 274 g/mol. The second-order valence-corrected chi connectivity index (χ2v) is 6.17. The fourth-order valence-electron chi connectivity index (χ4n) is 3.21. The van der Waals surface area contributed by atoms with Gasteiger partial charge in [0.2, 0.25) is 11.8 Å². The minimum absolute atomic E-state index is 0.0466. The Kier molecular flexibility index (Phi) is 4.76. The third-order valence-electron chi connectivity index (χ3n) is 4.48. The minimum atomic E-state index is -2.56. The standard InChI is InChI=1S/C14H24F2N2O/c15-14(16)6-4-11(5-7-14)13(19)18-9-10-2-1-3-12(17)8-10/h10-12H,1-9,17H2,(H,18,19). The number of carbonyl (C=O) groups excluding carboxylic acids is 1. The molecule has 0 spiro atoms. The van der Waals surface area contributed by atoms with Gasteiger partial charge in [-0.25, -0.2) is 8.78 Å². The van der Waals surface area contributed by atoms with Crippen molar-refractivity contribution in [1.29, 1.82) is 0 Å². The van der Waals surface area contributed by atoms with Gasteiger partial charge in [0.05, 0.1) is 0 Å². The molecule has 3 nitrogen and oxygen atoms in total. The van der Waals surface area contributed by atoms with E-state index in [1.807, 2.05) is 0 Å². The van der Waals surface area contributed by atoms with E-state index < -0.39 is 5.92 Å². The van der Waals surface area contributed by atoms with Crippen molar-refractivity contribution in [2.45, 2.75) is 63.3 Å². The highest BCUT2D eigenvalue weighted by Gasteiger charge is 2.37. The van der Waals surface area contributed by atoms with Gasteiger partial charge in [0.25, 0.3) is 0 Å². The zero-order valence-electron chi connectivity index (χ0n) is 11.3. The monoisotopic (exact) mass is 274 g/mol. The van der Waals surface area contributed by atoms with Gasteiger partial charge in [-0.2, -0.15) is 0 Å². The van der Waals surface area contributed by atoms with Crippen molar-refractivity contribution in [3.63, 3.8) is 0 Å². The Morgan fingerprint density at radius 1 is 1.21 bits per heavy atom. The second-order valence-electron chi connectivity index (χ2n) is 6.17. The topological polar surface area (TPSA) is 55.1 Å². The van der Waals surface area contributed by atoms with Crippen molar-refractivity contribution in [3.05, 3.63) is 0 Å². The molecule has 5 heteroatoms. The van der Waals surface area contributed by atoms with E-state index >= 15 is 0 Å². The zero-order chi connectivity index (χ0) is 13.9. The van der Waals surface area contributed by atoms with E-state index in [4.69, 9.17) is 5.73 Å². The maximum absolute atomic E-state index is 13.0. The second kappa shape index (κ2) is 6.16. The normalized spacial score (nSPS) is 31.9. The fraction of sp³-hybridized carbons (Fsp3) is 0.929. The van der Waals surface area contributed by atoms with Crippen molar-refractivity contribution < 1.29 is 13.6 Å². The smallest absolute Gasteiger partial charge is 0.248 e. The van der Waals surface area contributed by atoms with Crippen LogP contribution in [0.25, 0.3) is 0 Å². The molecule has 3 N–H and O–H groups in total. The molecule has 0 aromatic rings. The Labute approximate surface area is 113 Å². The molecule has 1 amide bonds. The van der Waals surface area contributed by atoms with Crippen LogP contribution in [0.15, 0.2) is 0 Å². The van der Waals surface area contributed by atoms with Crippen LogP contribution >= 0.6 is 0 Å². The molecule has 110 valence electrons. The summed E-state index contributed by atoms with van der Waals surface area (Å²) in [5.74, 6) is -2.38. The summed E-state index contributed by atoms with van der Waals surface area (Å²) < 4.78 is 26.0. The number of halogens is 2. The maximum Gasteiger partial charge on any atom is 0.248 e. The molecule has 0 aromatic carbocycles. The van der Waals surface area contributed by atoms with Crippen LogP contribution in [0, 0.1) is 11.8 Å². The first-order valence-electron chi connectivity index (χ1n) is 7.37. The van der Waals surface area contributed by atoms with Crippen LogP contribution in [0.1, 0.15) is 51.4 Å². The van der Waals surface area contributed by atoms with Gasteiger partial charge in [-0.15, -0.1) is 0 Å². The van der Waals surface area contributed by atoms with Crippen LogP contribution in [-0.4, -0.2) is 24.4 Å². The van der Waals surface area contributed by atoms with Crippen LogP contribution in [0.2, 0.25) is 0 Å². The van der Waals surface area contributed by atoms with Gasteiger partial charge >= 0.3 is 0 Å². The predicted molar refractivity (Wildman–Crippen MR) is 69.8 cm³/mol. The SMILES string of the molecule is NC1CCCC(CNC(=O)C2CCC(F)(F)CC2)C1. The third kappa shape index (κ3) is 4.41. The van der Waals surface area contributed by atoms with Gasteiger partial charge in [-0.05, 0) is 38.0 Å². The fourth-order valence-corrected chi connectivity index (χ4v) is 3.21. The lowest BCUT2D eigenvalue weighted by Gasteiger charge is -2.29. The first-order valence-corrected chi connectivity index (χ1v) is 7.37. The molecule has 2 unspecified atom stereocenters. The number of nitrogens with one attached hydrogen (secondary N) is 1. The highest BCUT2D eigenvalue weighted by atomic mass is 19.3. The van der Waals surface area contributed by atoms with Crippen molar-refractivity contribution in [1.82, 2.24) is 5.32 Å². The summed E-state index contributed by atoms with van der Waals surface area (Å²) in [6, 6.07) is 0.254. The van der Waals surface area contributed by atoms with E-state index in [1.54, 1.807) is 0 Å². The molecule has 2 fully saturated rings. The number of hydrogen-bond acceptors (Lipinski definition) is 2. The molecule has 2 aliphatic rings. The van der Waals surface area contributed by atoms with Gasteiger partial charge < -0.3 is 11.1 Å². The Morgan fingerprint density at radius 2 is 1.89 bits per heavy atom. The summed E-state index contributed by atoms with van der Waals surface area (Å²) in [5.41, 5.74) is 5.91. The number of nitrogens with two attached hydrogens (primary N) is 1. The molecule has 0 heterocycles. The predicted octanol–water partition coefficient (Wildman–Crippen LogP) is 2.45. The van der Waals surface area contributed by atoms with Crippen LogP contribution in [0.5, 0.6) is 0 Å². The number of amides is 1. The number of alkyl halides is 2. The lowest BCUT2D eigenvalue weighted by atomic mass is 9.84. The Balaban J connectivity index is 1.70. The summed E-state index contributed by atoms with van der Waals surface area (Å²) in [6.45, 7) is 0.652. The molecule has 0 saturated heterocycles. The quantitative estimate of drug-likeness (QED) is 0.830. The van der Waals surface area contributed by atoms with Crippen molar-refractivity contribution in [2.75, 3.05) is 6.54 Å². The Bertz CT molecular complexity index is 313. The largest absolute Gasteiger partial charge is 0.356 e. The van der Waals surface area contributed by atoms with E-state index in [1.165, 1.54) is 0 Å². The molecule has 19 heavy (non-hydrogen) atoms. The van der Waals surface area contributed by atoms with E-state index in [0.717, 1.165) is 25.7 Å². The van der Waals surface area contributed by atoms with Crippen LogP contribution in [0.4, 0.5) is 8.78 Å². The van der Waals surface area contributed by atoms with Crippen molar-refractivity contribution in [3.8, 4) is 0 Å².